The fourth-order valence-electron chi connectivity index (χ4n) is 2.21. The molecule has 0 aliphatic rings. The largest absolute Gasteiger partial charge is 0.388 e. The van der Waals surface area contributed by atoms with E-state index in [1.807, 2.05) is 38.1 Å². The van der Waals surface area contributed by atoms with E-state index in [-0.39, 0.29) is 0 Å². The van der Waals surface area contributed by atoms with Crippen molar-refractivity contribution in [1.29, 1.82) is 0 Å². The van der Waals surface area contributed by atoms with Gasteiger partial charge >= 0.3 is 0 Å². The number of nitrogens with zero attached hydrogens (tertiary/aromatic N) is 1. The van der Waals surface area contributed by atoms with Crippen LogP contribution < -0.4 is 0 Å². The second kappa shape index (κ2) is 5.32. The topological polar surface area (TPSA) is 33.1 Å². The Morgan fingerprint density at radius 2 is 1.78 bits per heavy atom. The van der Waals surface area contributed by atoms with E-state index in [0.717, 1.165) is 17.0 Å². The van der Waals surface area contributed by atoms with Gasteiger partial charge in [0, 0.05) is 23.4 Å². The number of aliphatic hydroxyl groups excluding tert-OH is 1. The zero-order valence-electron chi connectivity index (χ0n) is 11.1. The van der Waals surface area contributed by atoms with E-state index in [9.17, 15) is 5.11 Å². The number of rotatable bonds is 3. The van der Waals surface area contributed by atoms with Crippen molar-refractivity contribution in [3.63, 3.8) is 0 Å². The second-order valence-electron chi connectivity index (χ2n) is 4.77. The number of aliphatic hydroxyl groups is 1. The van der Waals surface area contributed by atoms with Gasteiger partial charge in [0.05, 0.1) is 6.10 Å². The highest BCUT2D eigenvalue weighted by atomic mass is 16.3. The van der Waals surface area contributed by atoms with Crippen LogP contribution >= 0.6 is 0 Å². The van der Waals surface area contributed by atoms with E-state index in [1.54, 1.807) is 0 Å². The van der Waals surface area contributed by atoms with Gasteiger partial charge < -0.3 is 5.11 Å². The molecule has 94 valence electrons. The molecule has 2 rings (SSSR count). The van der Waals surface area contributed by atoms with E-state index in [1.165, 1.54) is 11.1 Å². The Morgan fingerprint density at radius 3 is 2.44 bits per heavy atom. The molecule has 1 unspecified atom stereocenters. The molecule has 0 aliphatic heterocycles. The predicted molar refractivity (Wildman–Crippen MR) is 73.6 cm³/mol. The van der Waals surface area contributed by atoms with Crippen molar-refractivity contribution in [2.75, 3.05) is 0 Å². The quantitative estimate of drug-likeness (QED) is 0.894. The SMILES string of the molecule is Cc1ccc(C(O)Cc2ccccc2C)c(C)n1. The van der Waals surface area contributed by atoms with Gasteiger partial charge in [0.15, 0.2) is 0 Å². The first-order chi connectivity index (χ1) is 8.58. The fourth-order valence-corrected chi connectivity index (χ4v) is 2.21. The molecule has 2 heteroatoms. The lowest BCUT2D eigenvalue weighted by Gasteiger charge is -2.15. The lowest BCUT2D eigenvalue weighted by molar-refractivity contribution is 0.177. The van der Waals surface area contributed by atoms with Crippen LogP contribution in [0.15, 0.2) is 36.4 Å². The molecule has 18 heavy (non-hydrogen) atoms. The molecule has 0 fully saturated rings. The first kappa shape index (κ1) is 12.8. The number of benzene rings is 1. The Morgan fingerprint density at radius 1 is 1.06 bits per heavy atom. The summed E-state index contributed by atoms with van der Waals surface area (Å²) in [6.07, 6.45) is 0.150. The summed E-state index contributed by atoms with van der Waals surface area (Å²) in [4.78, 5) is 4.40. The van der Waals surface area contributed by atoms with Gasteiger partial charge in [0.2, 0.25) is 0 Å². The van der Waals surface area contributed by atoms with E-state index in [2.05, 4.69) is 24.0 Å². The minimum absolute atomic E-state index is 0.487. The first-order valence-corrected chi connectivity index (χ1v) is 6.24. The fraction of sp³-hybridized carbons (Fsp3) is 0.312. The minimum Gasteiger partial charge on any atom is -0.388 e. The van der Waals surface area contributed by atoms with Gasteiger partial charge in [0.1, 0.15) is 0 Å². The van der Waals surface area contributed by atoms with Gasteiger partial charge in [-0.1, -0.05) is 30.3 Å². The highest BCUT2D eigenvalue weighted by molar-refractivity contribution is 5.30. The number of pyridine rings is 1. The Labute approximate surface area is 108 Å². The summed E-state index contributed by atoms with van der Waals surface area (Å²) in [7, 11) is 0. The molecule has 0 aliphatic carbocycles. The van der Waals surface area contributed by atoms with Crippen molar-refractivity contribution in [2.24, 2.45) is 0 Å². The second-order valence-corrected chi connectivity index (χ2v) is 4.77. The van der Waals surface area contributed by atoms with Gasteiger partial charge in [-0.2, -0.15) is 0 Å². The third kappa shape index (κ3) is 2.77. The third-order valence-corrected chi connectivity index (χ3v) is 3.30. The van der Waals surface area contributed by atoms with Crippen molar-refractivity contribution in [3.05, 3.63) is 64.5 Å². The van der Waals surface area contributed by atoms with Crippen LogP contribution in [0.25, 0.3) is 0 Å². The molecule has 1 N–H and O–H groups in total. The lowest BCUT2D eigenvalue weighted by Crippen LogP contribution is -2.06. The maximum atomic E-state index is 10.3. The number of hydrogen-bond donors (Lipinski definition) is 1. The molecule has 2 aromatic rings. The van der Waals surface area contributed by atoms with Crippen LogP contribution in [0, 0.1) is 20.8 Å². The molecule has 0 radical (unpaired) electrons. The van der Waals surface area contributed by atoms with Crippen LogP contribution in [0.2, 0.25) is 0 Å². The summed E-state index contributed by atoms with van der Waals surface area (Å²) in [6.45, 7) is 5.98. The van der Waals surface area contributed by atoms with Gasteiger partial charge in [-0.3, -0.25) is 4.98 Å². The lowest BCUT2D eigenvalue weighted by atomic mass is 9.97. The molecule has 0 amide bonds. The molecule has 0 spiro atoms. The van der Waals surface area contributed by atoms with E-state index in [0.29, 0.717) is 6.42 Å². The van der Waals surface area contributed by atoms with Crippen molar-refractivity contribution < 1.29 is 5.11 Å². The molecule has 1 heterocycles. The average Bonchev–Trinajstić information content (AvgIpc) is 2.32. The normalized spacial score (nSPS) is 12.4. The van der Waals surface area contributed by atoms with Gasteiger partial charge in [-0.25, -0.2) is 0 Å². The summed E-state index contributed by atoms with van der Waals surface area (Å²) < 4.78 is 0. The maximum absolute atomic E-state index is 10.3. The summed E-state index contributed by atoms with van der Waals surface area (Å²) in [5.41, 5.74) is 5.22. The minimum atomic E-state index is -0.487. The smallest absolute Gasteiger partial charge is 0.0847 e. The van der Waals surface area contributed by atoms with E-state index >= 15 is 0 Å². The van der Waals surface area contributed by atoms with Gasteiger partial charge in [-0.15, -0.1) is 0 Å². The standard InChI is InChI=1S/C16H19NO/c1-11-6-4-5-7-14(11)10-16(18)15-9-8-12(2)17-13(15)3/h4-9,16,18H,10H2,1-3H3. The van der Waals surface area contributed by atoms with E-state index < -0.39 is 6.10 Å². The molecule has 2 nitrogen and oxygen atoms in total. The number of aryl methyl sites for hydroxylation is 3. The van der Waals surface area contributed by atoms with Crippen LogP contribution in [-0.2, 0) is 6.42 Å². The van der Waals surface area contributed by atoms with Crippen molar-refractivity contribution >= 4 is 0 Å². The Bertz CT molecular complexity index is 549. The Hall–Kier alpha value is -1.67. The number of aromatic nitrogens is 1. The molecular weight excluding hydrogens is 222 g/mol. The average molecular weight is 241 g/mol. The van der Waals surface area contributed by atoms with Crippen LogP contribution in [-0.4, -0.2) is 10.1 Å². The molecule has 0 bridgehead atoms. The summed E-state index contributed by atoms with van der Waals surface area (Å²) in [5.74, 6) is 0. The van der Waals surface area contributed by atoms with Crippen LogP contribution in [0.1, 0.15) is 34.2 Å². The molecule has 0 saturated heterocycles. The molecular formula is C16H19NO. The Kier molecular flexibility index (Phi) is 3.78. The maximum Gasteiger partial charge on any atom is 0.0847 e. The van der Waals surface area contributed by atoms with Crippen LogP contribution in [0.4, 0.5) is 0 Å². The molecule has 0 saturated carbocycles. The predicted octanol–water partition coefficient (Wildman–Crippen LogP) is 3.28. The zero-order valence-corrected chi connectivity index (χ0v) is 11.1. The first-order valence-electron chi connectivity index (χ1n) is 6.24. The van der Waals surface area contributed by atoms with Crippen molar-refractivity contribution in [2.45, 2.75) is 33.3 Å². The van der Waals surface area contributed by atoms with E-state index in [4.69, 9.17) is 0 Å². The third-order valence-electron chi connectivity index (χ3n) is 3.30. The summed E-state index contributed by atoms with van der Waals surface area (Å²) >= 11 is 0. The van der Waals surface area contributed by atoms with Gasteiger partial charge in [0.25, 0.3) is 0 Å². The molecule has 1 aromatic carbocycles. The highest BCUT2D eigenvalue weighted by Crippen LogP contribution is 2.22. The van der Waals surface area contributed by atoms with Crippen LogP contribution in [0.3, 0.4) is 0 Å². The molecule has 1 aromatic heterocycles. The monoisotopic (exact) mass is 241 g/mol. The zero-order chi connectivity index (χ0) is 13.1. The Balaban J connectivity index is 2.22. The van der Waals surface area contributed by atoms with Crippen molar-refractivity contribution in [1.82, 2.24) is 4.98 Å². The summed E-state index contributed by atoms with van der Waals surface area (Å²) in [6, 6.07) is 12.1. The van der Waals surface area contributed by atoms with Crippen molar-refractivity contribution in [3.8, 4) is 0 Å². The molecule has 1 atom stereocenters. The highest BCUT2D eigenvalue weighted by Gasteiger charge is 2.13. The van der Waals surface area contributed by atoms with Crippen LogP contribution in [0.5, 0.6) is 0 Å². The summed E-state index contributed by atoms with van der Waals surface area (Å²) in [5, 5.41) is 10.3. The van der Waals surface area contributed by atoms with Gasteiger partial charge in [-0.05, 0) is 38.0 Å². The number of hydrogen-bond acceptors (Lipinski definition) is 2.